The number of nitrogens with one attached hydrogen (secondary N) is 1. The molecule has 2 amide bonds. The van der Waals surface area contributed by atoms with Crippen molar-refractivity contribution in [3.05, 3.63) is 59.7 Å². The maximum atomic E-state index is 13.0. The molecule has 2 aromatic carbocycles. The second-order valence-corrected chi connectivity index (χ2v) is 8.21. The minimum absolute atomic E-state index is 0.0149. The van der Waals surface area contributed by atoms with Crippen LogP contribution in [0.4, 0.5) is 0 Å². The Morgan fingerprint density at radius 2 is 1.78 bits per heavy atom. The molecule has 0 unspecified atom stereocenters. The van der Waals surface area contributed by atoms with Crippen LogP contribution in [0.5, 0.6) is 11.5 Å². The van der Waals surface area contributed by atoms with Gasteiger partial charge >= 0.3 is 0 Å². The van der Waals surface area contributed by atoms with Crippen molar-refractivity contribution in [2.45, 2.75) is 52.4 Å². The molecule has 7 heteroatoms. The maximum absolute atomic E-state index is 13.0. The summed E-state index contributed by atoms with van der Waals surface area (Å²) in [6.45, 7) is 6.67. The average Bonchev–Trinajstić information content (AvgIpc) is 3.09. The van der Waals surface area contributed by atoms with E-state index in [9.17, 15) is 9.59 Å². The number of aryl methyl sites for hydroxylation is 1. The van der Waals surface area contributed by atoms with Crippen LogP contribution in [-0.4, -0.2) is 41.3 Å². The van der Waals surface area contributed by atoms with Crippen molar-refractivity contribution in [2.75, 3.05) is 6.54 Å². The highest BCUT2D eigenvalue weighted by Gasteiger charge is 2.36. The lowest BCUT2D eigenvalue weighted by Gasteiger charge is -2.31. The highest BCUT2D eigenvalue weighted by molar-refractivity contribution is 6.07. The molecule has 0 spiro atoms. The Bertz CT molecular complexity index is 1040. The molecule has 0 radical (unpaired) electrons. The van der Waals surface area contributed by atoms with Gasteiger partial charge in [-0.05, 0) is 49.9 Å². The summed E-state index contributed by atoms with van der Waals surface area (Å²) in [5.74, 6) is 0.621. The predicted octanol–water partition coefficient (Wildman–Crippen LogP) is 3.45. The van der Waals surface area contributed by atoms with E-state index < -0.39 is 12.2 Å². The van der Waals surface area contributed by atoms with E-state index >= 15 is 0 Å². The molecule has 0 aromatic heterocycles. The molecule has 168 valence electrons. The van der Waals surface area contributed by atoms with E-state index in [2.05, 4.69) is 10.4 Å². The van der Waals surface area contributed by atoms with Crippen LogP contribution in [0, 0.1) is 12.8 Å². The Morgan fingerprint density at radius 3 is 2.50 bits per heavy atom. The molecule has 2 aromatic rings. The van der Waals surface area contributed by atoms with Gasteiger partial charge in [-0.3, -0.25) is 9.59 Å². The van der Waals surface area contributed by atoms with E-state index in [-0.39, 0.29) is 17.7 Å². The Morgan fingerprint density at radius 1 is 1.09 bits per heavy atom. The SMILES string of the molecule is CCC1=NN(Cc2ccccc2C)C(=O)[C@@H]1CCNC(=O)[C@@H]1Oc2ccccc2O[C@H]1C. The van der Waals surface area contributed by atoms with Gasteiger partial charge in [0.15, 0.2) is 11.5 Å². The number of ether oxygens (including phenoxy) is 2. The van der Waals surface area contributed by atoms with Crippen LogP contribution in [0.2, 0.25) is 0 Å². The maximum Gasteiger partial charge on any atom is 0.265 e. The summed E-state index contributed by atoms with van der Waals surface area (Å²) >= 11 is 0. The lowest BCUT2D eigenvalue weighted by atomic mass is 9.97. The third kappa shape index (κ3) is 4.47. The van der Waals surface area contributed by atoms with Crippen LogP contribution in [0.3, 0.4) is 0 Å². The highest BCUT2D eigenvalue weighted by Crippen LogP contribution is 2.33. The van der Waals surface area contributed by atoms with Crippen molar-refractivity contribution >= 4 is 17.5 Å². The third-order valence-corrected chi connectivity index (χ3v) is 5.98. The van der Waals surface area contributed by atoms with E-state index in [0.717, 1.165) is 16.8 Å². The van der Waals surface area contributed by atoms with Crippen molar-refractivity contribution in [3.8, 4) is 11.5 Å². The standard InChI is InChI=1S/C25H29N3O4/c1-4-20-19(25(30)28(27-20)15-18-10-6-5-9-16(18)2)13-14-26-24(29)23-17(3)31-21-11-7-8-12-22(21)32-23/h5-12,17,19,23H,4,13-15H2,1-3H3,(H,26,29)/t17-,19+,23+/m0/s1. The molecule has 0 bridgehead atoms. The summed E-state index contributed by atoms with van der Waals surface area (Å²) in [5.41, 5.74) is 3.07. The summed E-state index contributed by atoms with van der Waals surface area (Å²) in [7, 11) is 0. The fourth-order valence-electron chi connectivity index (χ4n) is 4.11. The lowest BCUT2D eigenvalue weighted by molar-refractivity contribution is -0.135. The second kappa shape index (κ2) is 9.42. The van der Waals surface area contributed by atoms with Gasteiger partial charge < -0.3 is 14.8 Å². The first-order chi connectivity index (χ1) is 15.5. The van der Waals surface area contributed by atoms with Crippen molar-refractivity contribution in [2.24, 2.45) is 11.0 Å². The largest absolute Gasteiger partial charge is 0.482 e. The molecule has 0 fully saturated rings. The Hall–Kier alpha value is -3.35. The van der Waals surface area contributed by atoms with E-state index in [1.54, 1.807) is 11.1 Å². The summed E-state index contributed by atoms with van der Waals surface area (Å²) in [5, 5.41) is 9.04. The smallest absolute Gasteiger partial charge is 0.265 e. The minimum atomic E-state index is -0.735. The number of hydrazone groups is 1. The molecule has 3 atom stereocenters. The molecule has 2 aliphatic heterocycles. The number of nitrogens with zero attached hydrogens (tertiary/aromatic N) is 2. The average molecular weight is 436 g/mol. The normalized spacial score (nSPS) is 22.0. The molecule has 1 N–H and O–H groups in total. The zero-order valence-corrected chi connectivity index (χ0v) is 18.7. The third-order valence-electron chi connectivity index (χ3n) is 5.98. The molecule has 0 aliphatic carbocycles. The molecule has 32 heavy (non-hydrogen) atoms. The van der Waals surface area contributed by atoms with E-state index in [1.807, 2.05) is 63.2 Å². The first kappa shape index (κ1) is 21.9. The molecular weight excluding hydrogens is 406 g/mol. The molecule has 2 heterocycles. The van der Waals surface area contributed by atoms with Gasteiger partial charge in [-0.15, -0.1) is 0 Å². The fraction of sp³-hybridized carbons (Fsp3) is 0.400. The van der Waals surface area contributed by atoms with Crippen LogP contribution in [-0.2, 0) is 16.1 Å². The monoisotopic (exact) mass is 435 g/mol. The predicted molar refractivity (Wildman–Crippen MR) is 122 cm³/mol. The minimum Gasteiger partial charge on any atom is -0.482 e. The highest BCUT2D eigenvalue weighted by atomic mass is 16.6. The van der Waals surface area contributed by atoms with E-state index in [1.165, 1.54) is 0 Å². The van der Waals surface area contributed by atoms with Crippen molar-refractivity contribution < 1.29 is 19.1 Å². The van der Waals surface area contributed by atoms with Gasteiger partial charge in [0.1, 0.15) is 6.10 Å². The number of hydrogen-bond acceptors (Lipinski definition) is 5. The van der Waals surface area contributed by atoms with Crippen LogP contribution >= 0.6 is 0 Å². The number of benzene rings is 2. The Balaban J connectivity index is 1.33. The summed E-state index contributed by atoms with van der Waals surface area (Å²) < 4.78 is 11.7. The van der Waals surface area contributed by atoms with Crippen LogP contribution < -0.4 is 14.8 Å². The summed E-state index contributed by atoms with van der Waals surface area (Å²) in [6, 6.07) is 15.3. The first-order valence-corrected chi connectivity index (χ1v) is 11.1. The van der Waals surface area contributed by atoms with Gasteiger partial charge in [0.2, 0.25) is 6.10 Å². The van der Waals surface area contributed by atoms with E-state index in [4.69, 9.17) is 9.47 Å². The quantitative estimate of drug-likeness (QED) is 0.722. The number of fused-ring (bicyclic) bond motifs is 1. The zero-order chi connectivity index (χ0) is 22.7. The number of carbonyl (C=O) groups excluding carboxylic acids is 2. The van der Waals surface area contributed by atoms with Crippen LogP contribution in [0.1, 0.15) is 37.8 Å². The molecule has 2 aliphatic rings. The number of carbonyl (C=O) groups is 2. The van der Waals surface area contributed by atoms with Crippen molar-refractivity contribution in [1.82, 2.24) is 10.3 Å². The number of para-hydroxylation sites is 2. The molecule has 4 rings (SSSR count). The zero-order valence-electron chi connectivity index (χ0n) is 18.7. The van der Waals surface area contributed by atoms with Gasteiger partial charge in [-0.25, -0.2) is 5.01 Å². The van der Waals surface area contributed by atoms with Crippen LogP contribution in [0.15, 0.2) is 53.6 Å². The molecule has 0 saturated carbocycles. The summed E-state index contributed by atoms with van der Waals surface area (Å²) in [6.07, 6.45) is 0.0543. The topological polar surface area (TPSA) is 80.2 Å². The Kier molecular flexibility index (Phi) is 6.44. The lowest BCUT2D eigenvalue weighted by Crippen LogP contribution is -2.49. The van der Waals surface area contributed by atoms with Gasteiger partial charge in [-0.2, -0.15) is 5.10 Å². The van der Waals surface area contributed by atoms with Gasteiger partial charge in [-0.1, -0.05) is 43.3 Å². The second-order valence-electron chi connectivity index (χ2n) is 8.21. The van der Waals surface area contributed by atoms with Gasteiger partial charge in [0.25, 0.3) is 11.8 Å². The van der Waals surface area contributed by atoms with Crippen molar-refractivity contribution in [1.29, 1.82) is 0 Å². The molecule has 0 saturated heterocycles. The number of amides is 2. The van der Waals surface area contributed by atoms with Crippen LogP contribution in [0.25, 0.3) is 0 Å². The van der Waals surface area contributed by atoms with E-state index in [0.29, 0.717) is 37.4 Å². The molecule has 7 nitrogen and oxygen atoms in total. The first-order valence-electron chi connectivity index (χ1n) is 11.1. The summed E-state index contributed by atoms with van der Waals surface area (Å²) in [4.78, 5) is 25.7. The number of rotatable bonds is 7. The van der Waals surface area contributed by atoms with Gasteiger partial charge in [0, 0.05) is 6.54 Å². The van der Waals surface area contributed by atoms with Gasteiger partial charge in [0.05, 0.1) is 18.2 Å². The fourth-order valence-corrected chi connectivity index (χ4v) is 4.11. The van der Waals surface area contributed by atoms with Crippen molar-refractivity contribution in [3.63, 3.8) is 0 Å². The Labute approximate surface area is 188 Å². The number of hydrogen-bond donors (Lipinski definition) is 1. The molecular formula is C25H29N3O4.